The molecule has 0 saturated carbocycles. The summed E-state index contributed by atoms with van der Waals surface area (Å²) in [6, 6.07) is 5.56. The highest BCUT2D eigenvalue weighted by atomic mass is 32.1. The van der Waals surface area contributed by atoms with Crippen molar-refractivity contribution in [2.75, 3.05) is 19.8 Å². The molecule has 1 aromatic carbocycles. The number of morpholine rings is 1. The molecule has 2 N–H and O–H groups in total. The van der Waals surface area contributed by atoms with Crippen molar-refractivity contribution in [3.05, 3.63) is 35.1 Å². The molecular weight excluding hydrogens is 263 g/mol. The Kier molecular flexibility index (Phi) is 4.85. The van der Waals surface area contributed by atoms with Crippen LogP contribution in [0.2, 0.25) is 0 Å². The molecule has 0 amide bonds. The van der Waals surface area contributed by atoms with Crippen molar-refractivity contribution >= 4 is 17.2 Å². The van der Waals surface area contributed by atoms with Gasteiger partial charge in [-0.25, -0.2) is 4.39 Å². The first kappa shape index (κ1) is 14.4. The number of benzene rings is 1. The van der Waals surface area contributed by atoms with Crippen molar-refractivity contribution in [2.45, 2.75) is 25.9 Å². The molecule has 1 aliphatic heterocycles. The number of nitrogens with zero attached hydrogens (tertiary/aromatic N) is 1. The minimum absolute atomic E-state index is 0.105. The van der Waals surface area contributed by atoms with Crippen molar-refractivity contribution in [1.82, 2.24) is 4.90 Å². The van der Waals surface area contributed by atoms with Gasteiger partial charge in [-0.2, -0.15) is 0 Å². The minimum atomic E-state index is -0.295. The number of ether oxygens (including phenoxy) is 1. The molecule has 104 valence electrons. The highest BCUT2D eigenvalue weighted by molar-refractivity contribution is 7.80. The van der Waals surface area contributed by atoms with Crippen LogP contribution in [0.4, 0.5) is 4.39 Å². The molecule has 5 heteroatoms. The number of nitrogens with two attached hydrogens (primary N) is 1. The predicted octanol–water partition coefficient (Wildman–Crippen LogP) is 2.07. The minimum Gasteiger partial charge on any atom is -0.389 e. The van der Waals surface area contributed by atoms with Crippen molar-refractivity contribution in [3.63, 3.8) is 0 Å². The van der Waals surface area contributed by atoms with Crippen molar-refractivity contribution in [3.8, 4) is 0 Å². The molecule has 2 rings (SSSR count). The fourth-order valence-electron chi connectivity index (χ4n) is 2.38. The number of halogens is 1. The summed E-state index contributed by atoms with van der Waals surface area (Å²) in [7, 11) is 0. The van der Waals surface area contributed by atoms with Crippen molar-refractivity contribution in [2.24, 2.45) is 5.73 Å². The lowest BCUT2D eigenvalue weighted by Gasteiger charge is -2.35. The quantitative estimate of drug-likeness (QED) is 0.858. The number of hydrogen-bond donors (Lipinski definition) is 1. The molecule has 1 saturated heterocycles. The second kappa shape index (κ2) is 6.41. The monoisotopic (exact) mass is 282 g/mol. The Bertz CT molecular complexity index is 467. The maximum atomic E-state index is 14.3. The number of hydrogen-bond acceptors (Lipinski definition) is 3. The average molecular weight is 282 g/mol. The summed E-state index contributed by atoms with van der Waals surface area (Å²) in [4.78, 5) is 2.36. The summed E-state index contributed by atoms with van der Waals surface area (Å²) >= 11 is 4.86. The van der Waals surface area contributed by atoms with Crippen LogP contribution in [0.5, 0.6) is 0 Å². The van der Waals surface area contributed by atoms with Crippen LogP contribution in [0.3, 0.4) is 0 Å². The summed E-state index contributed by atoms with van der Waals surface area (Å²) < 4.78 is 19.7. The second-order valence-corrected chi connectivity index (χ2v) is 5.19. The fourth-order valence-corrected chi connectivity index (χ4v) is 2.54. The Morgan fingerprint density at radius 1 is 1.58 bits per heavy atom. The molecule has 3 nitrogen and oxygen atoms in total. The average Bonchev–Trinajstić information content (AvgIpc) is 2.41. The van der Waals surface area contributed by atoms with E-state index in [2.05, 4.69) is 11.8 Å². The molecule has 1 atom stereocenters. The molecule has 0 radical (unpaired) electrons. The van der Waals surface area contributed by atoms with Gasteiger partial charge in [0, 0.05) is 30.3 Å². The molecule has 1 heterocycles. The number of rotatable bonds is 4. The molecule has 0 aromatic heterocycles. The van der Waals surface area contributed by atoms with E-state index in [1.54, 1.807) is 18.2 Å². The Morgan fingerprint density at radius 3 is 3.05 bits per heavy atom. The van der Waals surface area contributed by atoms with E-state index in [0.717, 1.165) is 13.0 Å². The normalized spacial score (nSPS) is 20.4. The van der Waals surface area contributed by atoms with E-state index in [-0.39, 0.29) is 10.8 Å². The Labute approximate surface area is 118 Å². The van der Waals surface area contributed by atoms with Gasteiger partial charge < -0.3 is 10.5 Å². The van der Waals surface area contributed by atoms with Gasteiger partial charge in [0.2, 0.25) is 0 Å². The van der Waals surface area contributed by atoms with Crippen LogP contribution in [0.15, 0.2) is 18.2 Å². The standard InChI is InChI=1S/C14H19FN2OS/c1-2-11-9-18-7-6-17(11)8-10-4-3-5-12(13(10)15)14(16)19/h3-5,11H,2,6-9H2,1H3,(H2,16,19). The van der Waals surface area contributed by atoms with Crippen LogP contribution in [0, 0.1) is 5.82 Å². The predicted molar refractivity (Wildman–Crippen MR) is 77.6 cm³/mol. The van der Waals surface area contributed by atoms with Crippen LogP contribution in [-0.2, 0) is 11.3 Å². The molecule has 1 aliphatic rings. The van der Waals surface area contributed by atoms with Gasteiger partial charge in [-0.05, 0) is 12.5 Å². The zero-order valence-electron chi connectivity index (χ0n) is 11.1. The Hall–Kier alpha value is -1.04. The third kappa shape index (κ3) is 3.29. The van der Waals surface area contributed by atoms with Gasteiger partial charge in [-0.3, -0.25) is 4.90 Å². The number of thiocarbonyl (C=S) groups is 1. The van der Waals surface area contributed by atoms with E-state index in [1.807, 2.05) is 0 Å². The van der Waals surface area contributed by atoms with Crippen LogP contribution in [0.1, 0.15) is 24.5 Å². The lowest BCUT2D eigenvalue weighted by molar-refractivity contribution is -0.0131. The first-order chi connectivity index (χ1) is 9.13. The van der Waals surface area contributed by atoms with Gasteiger partial charge in [0.25, 0.3) is 0 Å². The zero-order chi connectivity index (χ0) is 13.8. The third-order valence-electron chi connectivity index (χ3n) is 3.54. The summed E-state index contributed by atoms with van der Waals surface area (Å²) in [5, 5.41) is 0. The van der Waals surface area contributed by atoms with Gasteiger partial charge in [0.15, 0.2) is 0 Å². The van der Waals surface area contributed by atoms with Gasteiger partial charge >= 0.3 is 0 Å². The molecule has 0 bridgehead atoms. The summed E-state index contributed by atoms with van der Waals surface area (Å²) in [5.41, 5.74) is 6.50. The smallest absolute Gasteiger partial charge is 0.137 e. The molecular formula is C14H19FN2OS. The Balaban J connectivity index is 2.18. The SMILES string of the molecule is CCC1COCCN1Cc1cccc(C(N)=S)c1F. The van der Waals surface area contributed by atoms with Gasteiger partial charge in [-0.1, -0.05) is 31.3 Å². The lowest BCUT2D eigenvalue weighted by atomic mass is 10.1. The first-order valence-electron chi connectivity index (χ1n) is 6.52. The highest BCUT2D eigenvalue weighted by Gasteiger charge is 2.23. The van der Waals surface area contributed by atoms with Crippen LogP contribution in [-0.4, -0.2) is 35.7 Å². The second-order valence-electron chi connectivity index (χ2n) is 4.75. The van der Waals surface area contributed by atoms with Gasteiger partial charge in [-0.15, -0.1) is 0 Å². The van der Waals surface area contributed by atoms with Gasteiger partial charge in [0.05, 0.1) is 13.2 Å². The van der Waals surface area contributed by atoms with E-state index in [0.29, 0.717) is 36.9 Å². The van der Waals surface area contributed by atoms with Crippen LogP contribution >= 0.6 is 12.2 Å². The summed E-state index contributed by atoms with van der Waals surface area (Å²) in [6.45, 7) is 4.94. The lowest BCUT2D eigenvalue weighted by Crippen LogP contribution is -2.44. The maximum Gasteiger partial charge on any atom is 0.137 e. The Morgan fingerprint density at radius 2 is 2.37 bits per heavy atom. The molecule has 0 spiro atoms. The van der Waals surface area contributed by atoms with Crippen molar-refractivity contribution < 1.29 is 9.13 Å². The van der Waals surface area contributed by atoms with Crippen LogP contribution < -0.4 is 5.73 Å². The van der Waals surface area contributed by atoms with Crippen molar-refractivity contribution in [1.29, 1.82) is 0 Å². The van der Waals surface area contributed by atoms with E-state index in [9.17, 15) is 4.39 Å². The topological polar surface area (TPSA) is 38.5 Å². The fraction of sp³-hybridized carbons (Fsp3) is 0.500. The van der Waals surface area contributed by atoms with Gasteiger partial charge in [0.1, 0.15) is 10.8 Å². The van der Waals surface area contributed by atoms with Crippen LogP contribution in [0.25, 0.3) is 0 Å². The highest BCUT2D eigenvalue weighted by Crippen LogP contribution is 2.19. The zero-order valence-corrected chi connectivity index (χ0v) is 11.9. The van der Waals surface area contributed by atoms with E-state index >= 15 is 0 Å². The first-order valence-corrected chi connectivity index (χ1v) is 6.93. The summed E-state index contributed by atoms with van der Waals surface area (Å²) in [5.74, 6) is -0.295. The molecule has 19 heavy (non-hydrogen) atoms. The summed E-state index contributed by atoms with van der Waals surface area (Å²) in [6.07, 6.45) is 0.997. The maximum absolute atomic E-state index is 14.3. The molecule has 1 fully saturated rings. The van der Waals surface area contributed by atoms with E-state index in [1.165, 1.54) is 0 Å². The largest absolute Gasteiger partial charge is 0.389 e. The molecule has 1 unspecified atom stereocenters. The molecule has 0 aliphatic carbocycles. The van der Waals surface area contributed by atoms with E-state index < -0.39 is 0 Å². The third-order valence-corrected chi connectivity index (χ3v) is 3.76. The van der Waals surface area contributed by atoms with E-state index in [4.69, 9.17) is 22.7 Å². The molecule has 1 aromatic rings.